The zero-order chi connectivity index (χ0) is 16.1. The number of aromatic nitrogens is 3. The highest BCUT2D eigenvalue weighted by molar-refractivity contribution is 9.10. The lowest BCUT2D eigenvalue weighted by Gasteiger charge is -2.03. The van der Waals surface area contributed by atoms with E-state index in [1.54, 1.807) is 42.1 Å². The molecule has 0 aliphatic rings. The van der Waals surface area contributed by atoms with Crippen molar-refractivity contribution in [3.63, 3.8) is 0 Å². The molecule has 0 unspecified atom stereocenters. The van der Waals surface area contributed by atoms with Gasteiger partial charge in [0.1, 0.15) is 9.61 Å². The van der Waals surface area contributed by atoms with Crippen LogP contribution in [0.5, 0.6) is 0 Å². The van der Waals surface area contributed by atoms with E-state index in [2.05, 4.69) is 36.2 Å². The van der Waals surface area contributed by atoms with Crippen molar-refractivity contribution in [2.75, 3.05) is 5.32 Å². The summed E-state index contributed by atoms with van der Waals surface area (Å²) in [5.41, 5.74) is 2.65. The molecule has 1 N–H and O–H groups in total. The van der Waals surface area contributed by atoms with Crippen LogP contribution in [0.1, 0.15) is 12.1 Å². The molecule has 3 rings (SSSR count). The summed E-state index contributed by atoms with van der Waals surface area (Å²) in [7, 11) is 0. The quantitative estimate of drug-likeness (QED) is 0.672. The van der Waals surface area contributed by atoms with Gasteiger partial charge in [0.2, 0.25) is 5.91 Å². The summed E-state index contributed by atoms with van der Waals surface area (Å²) in [6.45, 7) is 0. The van der Waals surface area contributed by atoms with E-state index in [0.29, 0.717) is 18.5 Å². The van der Waals surface area contributed by atoms with E-state index in [9.17, 15) is 4.79 Å². The van der Waals surface area contributed by atoms with Gasteiger partial charge < -0.3 is 5.32 Å². The lowest BCUT2D eigenvalue weighted by atomic mass is 10.2. The maximum absolute atomic E-state index is 12.0. The standard InChI is InChI=1S/C16H13BrN4OS/c17-14-3-1-12(9-19-14)20-15(22)4-2-13-10-23-16(21-13)11-5-7-18-8-6-11/h1,3,5-10H,2,4H2,(H,20,22). The Morgan fingerprint density at radius 1 is 1.22 bits per heavy atom. The zero-order valence-corrected chi connectivity index (χ0v) is 14.5. The second kappa shape index (κ2) is 7.43. The van der Waals surface area contributed by atoms with Crippen molar-refractivity contribution >= 4 is 38.9 Å². The number of carbonyl (C=O) groups excluding carboxylic acids is 1. The van der Waals surface area contributed by atoms with Crippen LogP contribution in [0.15, 0.2) is 52.8 Å². The Morgan fingerprint density at radius 2 is 2.04 bits per heavy atom. The van der Waals surface area contributed by atoms with Crippen LogP contribution >= 0.6 is 27.3 Å². The monoisotopic (exact) mass is 388 g/mol. The number of amides is 1. The van der Waals surface area contributed by atoms with E-state index < -0.39 is 0 Å². The second-order valence-corrected chi connectivity index (χ2v) is 6.47. The van der Waals surface area contributed by atoms with Crippen LogP contribution in [-0.2, 0) is 11.2 Å². The predicted molar refractivity (Wildman–Crippen MR) is 94.2 cm³/mol. The van der Waals surface area contributed by atoms with Gasteiger partial charge in [-0.3, -0.25) is 9.78 Å². The van der Waals surface area contributed by atoms with Crippen molar-refractivity contribution in [1.82, 2.24) is 15.0 Å². The van der Waals surface area contributed by atoms with Gasteiger partial charge in [-0.15, -0.1) is 11.3 Å². The molecule has 3 aromatic rings. The molecule has 0 radical (unpaired) electrons. The number of hydrogen-bond donors (Lipinski definition) is 1. The molecule has 0 spiro atoms. The number of halogens is 1. The molecule has 0 aromatic carbocycles. The predicted octanol–water partition coefficient (Wildman–Crippen LogP) is 3.93. The van der Waals surface area contributed by atoms with Crippen molar-refractivity contribution in [2.24, 2.45) is 0 Å². The molecule has 116 valence electrons. The highest BCUT2D eigenvalue weighted by atomic mass is 79.9. The normalized spacial score (nSPS) is 10.5. The Labute approximate surface area is 146 Å². The number of nitrogens with zero attached hydrogens (tertiary/aromatic N) is 3. The molecule has 0 aliphatic carbocycles. The summed E-state index contributed by atoms with van der Waals surface area (Å²) >= 11 is 4.83. The summed E-state index contributed by atoms with van der Waals surface area (Å²) in [4.78, 5) is 24.6. The Bertz CT molecular complexity index is 789. The van der Waals surface area contributed by atoms with E-state index in [1.165, 1.54) is 0 Å². The Kier molecular flexibility index (Phi) is 5.09. The van der Waals surface area contributed by atoms with Crippen LogP contribution in [0.3, 0.4) is 0 Å². The minimum absolute atomic E-state index is 0.0485. The van der Waals surface area contributed by atoms with Gasteiger partial charge in [-0.05, 0) is 46.6 Å². The Hall–Kier alpha value is -2.12. The van der Waals surface area contributed by atoms with Crippen LogP contribution in [0.2, 0.25) is 0 Å². The molecule has 5 nitrogen and oxygen atoms in total. The van der Waals surface area contributed by atoms with Crippen molar-refractivity contribution in [3.05, 3.63) is 58.5 Å². The summed E-state index contributed by atoms with van der Waals surface area (Å²) in [6.07, 6.45) is 6.10. The smallest absolute Gasteiger partial charge is 0.224 e. The number of aryl methyl sites for hydroxylation is 1. The van der Waals surface area contributed by atoms with Gasteiger partial charge >= 0.3 is 0 Å². The van der Waals surface area contributed by atoms with E-state index in [1.807, 2.05) is 17.5 Å². The minimum Gasteiger partial charge on any atom is -0.325 e. The molecule has 0 atom stereocenters. The number of hydrogen-bond acceptors (Lipinski definition) is 5. The third-order valence-corrected chi connectivity index (χ3v) is 4.51. The average molecular weight is 389 g/mol. The van der Waals surface area contributed by atoms with Crippen LogP contribution in [-0.4, -0.2) is 20.9 Å². The Morgan fingerprint density at radius 3 is 2.78 bits per heavy atom. The highest BCUT2D eigenvalue weighted by Gasteiger charge is 2.08. The van der Waals surface area contributed by atoms with Crippen LogP contribution in [0, 0.1) is 0 Å². The van der Waals surface area contributed by atoms with Crippen molar-refractivity contribution in [1.29, 1.82) is 0 Å². The van der Waals surface area contributed by atoms with Gasteiger partial charge in [0.05, 0.1) is 17.6 Å². The molecule has 0 fully saturated rings. The number of nitrogens with one attached hydrogen (secondary N) is 1. The molecule has 23 heavy (non-hydrogen) atoms. The first-order valence-corrected chi connectivity index (χ1v) is 8.64. The molecular formula is C16H13BrN4OS. The van der Waals surface area contributed by atoms with Crippen LogP contribution in [0.4, 0.5) is 5.69 Å². The van der Waals surface area contributed by atoms with Crippen molar-refractivity contribution in [2.45, 2.75) is 12.8 Å². The van der Waals surface area contributed by atoms with Gasteiger partial charge in [-0.1, -0.05) is 0 Å². The van der Waals surface area contributed by atoms with Crippen LogP contribution < -0.4 is 5.32 Å². The molecule has 0 saturated carbocycles. The number of thiazole rings is 1. The van der Waals surface area contributed by atoms with E-state index >= 15 is 0 Å². The summed E-state index contributed by atoms with van der Waals surface area (Å²) in [5, 5.41) is 5.76. The highest BCUT2D eigenvalue weighted by Crippen LogP contribution is 2.23. The Balaban J connectivity index is 1.55. The fourth-order valence-electron chi connectivity index (χ4n) is 1.96. The second-order valence-electron chi connectivity index (χ2n) is 4.80. The van der Waals surface area contributed by atoms with Crippen molar-refractivity contribution in [3.8, 4) is 10.6 Å². The lowest BCUT2D eigenvalue weighted by Crippen LogP contribution is -2.12. The van der Waals surface area contributed by atoms with Crippen LogP contribution in [0.25, 0.3) is 10.6 Å². The molecule has 0 aliphatic heterocycles. The average Bonchev–Trinajstić information content (AvgIpc) is 3.05. The van der Waals surface area contributed by atoms with Gasteiger partial charge in [0, 0.05) is 29.8 Å². The number of carbonyl (C=O) groups is 1. The maximum atomic E-state index is 12.0. The topological polar surface area (TPSA) is 67.8 Å². The molecule has 7 heteroatoms. The van der Waals surface area contributed by atoms with E-state index in [-0.39, 0.29) is 5.91 Å². The van der Waals surface area contributed by atoms with Gasteiger partial charge in [-0.25, -0.2) is 9.97 Å². The largest absolute Gasteiger partial charge is 0.325 e. The maximum Gasteiger partial charge on any atom is 0.224 e. The summed E-state index contributed by atoms with van der Waals surface area (Å²) < 4.78 is 0.738. The molecule has 3 aromatic heterocycles. The first-order valence-electron chi connectivity index (χ1n) is 6.97. The molecule has 3 heterocycles. The molecule has 1 amide bonds. The SMILES string of the molecule is O=C(CCc1csc(-c2ccncc2)n1)Nc1ccc(Br)nc1. The first kappa shape index (κ1) is 15.8. The number of rotatable bonds is 5. The number of pyridine rings is 2. The van der Waals surface area contributed by atoms with E-state index in [0.717, 1.165) is 20.9 Å². The third-order valence-electron chi connectivity index (χ3n) is 3.10. The summed E-state index contributed by atoms with van der Waals surface area (Å²) in [6, 6.07) is 7.45. The van der Waals surface area contributed by atoms with Gasteiger partial charge in [-0.2, -0.15) is 0 Å². The minimum atomic E-state index is -0.0485. The van der Waals surface area contributed by atoms with Crippen molar-refractivity contribution < 1.29 is 4.79 Å². The lowest BCUT2D eigenvalue weighted by molar-refractivity contribution is -0.116. The molecular weight excluding hydrogens is 376 g/mol. The third kappa shape index (κ3) is 4.43. The fraction of sp³-hybridized carbons (Fsp3) is 0.125. The first-order chi connectivity index (χ1) is 11.2. The number of anilines is 1. The zero-order valence-electron chi connectivity index (χ0n) is 12.1. The molecule has 0 saturated heterocycles. The fourth-order valence-corrected chi connectivity index (χ4v) is 3.06. The van der Waals surface area contributed by atoms with E-state index in [4.69, 9.17) is 0 Å². The molecule has 0 bridgehead atoms. The van der Waals surface area contributed by atoms with Gasteiger partial charge in [0.15, 0.2) is 0 Å². The summed E-state index contributed by atoms with van der Waals surface area (Å²) in [5.74, 6) is -0.0485. The van der Waals surface area contributed by atoms with Gasteiger partial charge in [0.25, 0.3) is 0 Å².